The average Bonchev–Trinajstić information content (AvgIpc) is 2.29. The van der Waals surface area contributed by atoms with Crippen molar-refractivity contribution in [1.82, 2.24) is 5.32 Å². The molecule has 1 aromatic carbocycles. The molecule has 1 aromatic rings. The van der Waals surface area contributed by atoms with Crippen molar-refractivity contribution in [3.63, 3.8) is 0 Å². The Morgan fingerprint density at radius 2 is 2.00 bits per heavy atom. The van der Waals surface area contributed by atoms with Crippen molar-refractivity contribution in [3.8, 4) is 0 Å². The van der Waals surface area contributed by atoms with E-state index in [9.17, 15) is 0 Å². The van der Waals surface area contributed by atoms with Gasteiger partial charge in [-0.05, 0) is 49.8 Å². The fourth-order valence-corrected chi connectivity index (χ4v) is 3.29. The number of nitrogens with one attached hydrogen (secondary N) is 1. The zero-order valence-electron chi connectivity index (χ0n) is 11.4. The van der Waals surface area contributed by atoms with Crippen molar-refractivity contribution in [1.29, 1.82) is 0 Å². The van der Waals surface area contributed by atoms with Crippen molar-refractivity contribution >= 4 is 0 Å². The van der Waals surface area contributed by atoms with Crippen LogP contribution in [0, 0.1) is 12.8 Å². The lowest BCUT2D eigenvalue weighted by molar-refractivity contribution is 0.213. The Morgan fingerprint density at radius 1 is 1.24 bits per heavy atom. The van der Waals surface area contributed by atoms with Crippen LogP contribution in [-0.2, 0) is 5.54 Å². The van der Waals surface area contributed by atoms with Crippen LogP contribution in [0.3, 0.4) is 0 Å². The number of hydrogen-bond donors (Lipinski definition) is 1. The maximum atomic E-state index is 3.82. The first-order chi connectivity index (χ1) is 8.14. The molecule has 17 heavy (non-hydrogen) atoms. The van der Waals surface area contributed by atoms with Gasteiger partial charge in [-0.15, -0.1) is 0 Å². The number of piperidine rings is 1. The molecule has 0 spiro atoms. The molecule has 0 amide bonds. The van der Waals surface area contributed by atoms with E-state index in [1.165, 1.54) is 43.4 Å². The molecule has 0 saturated carbocycles. The van der Waals surface area contributed by atoms with Crippen LogP contribution >= 0.6 is 0 Å². The molecule has 1 fully saturated rings. The zero-order valence-corrected chi connectivity index (χ0v) is 11.4. The Morgan fingerprint density at radius 3 is 2.59 bits per heavy atom. The van der Waals surface area contributed by atoms with Crippen molar-refractivity contribution < 1.29 is 0 Å². The molecule has 1 N–H and O–H groups in total. The van der Waals surface area contributed by atoms with Gasteiger partial charge in [-0.1, -0.05) is 44.5 Å². The molecule has 2 rings (SSSR count). The predicted molar refractivity (Wildman–Crippen MR) is 74.2 cm³/mol. The Hall–Kier alpha value is -0.820. The molecule has 1 heterocycles. The van der Waals surface area contributed by atoms with E-state index >= 15 is 0 Å². The summed E-state index contributed by atoms with van der Waals surface area (Å²) in [4.78, 5) is 0. The summed E-state index contributed by atoms with van der Waals surface area (Å²) in [6, 6.07) is 8.88. The highest BCUT2D eigenvalue weighted by Gasteiger charge is 2.34. The molecule has 0 radical (unpaired) electrons. The molecule has 0 aromatic heterocycles. The third-order valence-electron chi connectivity index (χ3n) is 3.91. The third kappa shape index (κ3) is 2.71. The van der Waals surface area contributed by atoms with Gasteiger partial charge < -0.3 is 5.32 Å². The standard InChI is InChI=1S/C16H25N/c1-13(2)12-16(10-6-7-11-17-16)15-9-5-4-8-14(15)3/h4-5,8-9,13,17H,6-7,10-12H2,1-3H3. The van der Waals surface area contributed by atoms with Gasteiger partial charge in [0, 0.05) is 5.54 Å². The maximum absolute atomic E-state index is 3.82. The minimum atomic E-state index is 0.234. The summed E-state index contributed by atoms with van der Waals surface area (Å²) in [7, 11) is 0. The number of hydrogen-bond acceptors (Lipinski definition) is 1. The fourth-order valence-electron chi connectivity index (χ4n) is 3.29. The van der Waals surface area contributed by atoms with E-state index in [2.05, 4.69) is 50.4 Å². The molecule has 1 saturated heterocycles. The number of benzene rings is 1. The second kappa shape index (κ2) is 5.22. The van der Waals surface area contributed by atoms with E-state index in [1.807, 2.05) is 0 Å². The van der Waals surface area contributed by atoms with Crippen molar-refractivity contribution in [2.75, 3.05) is 6.54 Å². The molecule has 1 heteroatoms. The van der Waals surface area contributed by atoms with Crippen LogP contribution in [0.25, 0.3) is 0 Å². The lowest BCUT2D eigenvalue weighted by Crippen LogP contribution is -2.47. The van der Waals surface area contributed by atoms with Gasteiger partial charge in [0.05, 0.1) is 0 Å². The van der Waals surface area contributed by atoms with E-state index in [1.54, 1.807) is 0 Å². The van der Waals surface area contributed by atoms with Crippen LogP contribution in [0.15, 0.2) is 24.3 Å². The average molecular weight is 231 g/mol. The molecule has 1 nitrogen and oxygen atoms in total. The van der Waals surface area contributed by atoms with Gasteiger partial charge in [0.1, 0.15) is 0 Å². The molecule has 1 aliphatic heterocycles. The van der Waals surface area contributed by atoms with Crippen molar-refractivity contribution in [3.05, 3.63) is 35.4 Å². The lowest BCUT2D eigenvalue weighted by Gasteiger charge is -2.41. The summed E-state index contributed by atoms with van der Waals surface area (Å²) in [6.07, 6.45) is 5.22. The molecule has 1 unspecified atom stereocenters. The summed E-state index contributed by atoms with van der Waals surface area (Å²) in [5.74, 6) is 0.736. The van der Waals surface area contributed by atoms with Crippen LogP contribution < -0.4 is 5.32 Å². The fraction of sp³-hybridized carbons (Fsp3) is 0.625. The van der Waals surface area contributed by atoms with Gasteiger partial charge in [0.15, 0.2) is 0 Å². The van der Waals surface area contributed by atoms with Crippen LogP contribution in [0.5, 0.6) is 0 Å². The Labute approximate surface area is 106 Å². The zero-order chi connectivity index (χ0) is 12.3. The van der Waals surface area contributed by atoms with Crippen LogP contribution in [-0.4, -0.2) is 6.54 Å². The van der Waals surface area contributed by atoms with Gasteiger partial charge >= 0.3 is 0 Å². The quantitative estimate of drug-likeness (QED) is 0.829. The first-order valence-electron chi connectivity index (χ1n) is 6.95. The van der Waals surface area contributed by atoms with Gasteiger partial charge in [0.2, 0.25) is 0 Å². The summed E-state index contributed by atoms with van der Waals surface area (Å²) >= 11 is 0. The van der Waals surface area contributed by atoms with E-state index in [0.29, 0.717) is 0 Å². The smallest absolute Gasteiger partial charge is 0.0439 e. The minimum absolute atomic E-state index is 0.234. The number of aryl methyl sites for hydroxylation is 1. The first-order valence-corrected chi connectivity index (χ1v) is 6.95. The first kappa shape index (κ1) is 12.6. The number of rotatable bonds is 3. The maximum Gasteiger partial charge on any atom is 0.0439 e. The van der Waals surface area contributed by atoms with E-state index in [4.69, 9.17) is 0 Å². The van der Waals surface area contributed by atoms with Crippen molar-refractivity contribution in [2.45, 2.75) is 52.0 Å². The Kier molecular flexibility index (Phi) is 3.88. The minimum Gasteiger partial charge on any atom is -0.307 e. The van der Waals surface area contributed by atoms with Crippen molar-refractivity contribution in [2.24, 2.45) is 5.92 Å². The van der Waals surface area contributed by atoms with Crippen LogP contribution in [0.2, 0.25) is 0 Å². The summed E-state index contributed by atoms with van der Waals surface area (Å²) in [5.41, 5.74) is 3.19. The Balaban J connectivity index is 2.35. The highest BCUT2D eigenvalue weighted by molar-refractivity contribution is 5.33. The molecule has 1 atom stereocenters. The Bertz CT molecular complexity index is 362. The summed E-state index contributed by atoms with van der Waals surface area (Å²) in [5, 5.41) is 3.82. The van der Waals surface area contributed by atoms with Gasteiger partial charge in [-0.2, -0.15) is 0 Å². The topological polar surface area (TPSA) is 12.0 Å². The highest BCUT2D eigenvalue weighted by Crippen LogP contribution is 2.37. The molecular weight excluding hydrogens is 206 g/mol. The lowest BCUT2D eigenvalue weighted by atomic mass is 9.75. The van der Waals surface area contributed by atoms with E-state index in [-0.39, 0.29) is 5.54 Å². The van der Waals surface area contributed by atoms with Crippen LogP contribution in [0.1, 0.15) is 50.7 Å². The summed E-state index contributed by atoms with van der Waals surface area (Å²) in [6.45, 7) is 8.07. The second-order valence-corrected chi connectivity index (χ2v) is 5.88. The predicted octanol–water partition coefficient (Wildman–Crippen LogP) is 4.01. The van der Waals surface area contributed by atoms with E-state index < -0.39 is 0 Å². The van der Waals surface area contributed by atoms with E-state index in [0.717, 1.165) is 5.92 Å². The second-order valence-electron chi connectivity index (χ2n) is 5.88. The normalized spacial score (nSPS) is 25.2. The third-order valence-corrected chi connectivity index (χ3v) is 3.91. The van der Waals surface area contributed by atoms with Gasteiger partial charge in [-0.25, -0.2) is 0 Å². The molecule has 1 aliphatic rings. The monoisotopic (exact) mass is 231 g/mol. The SMILES string of the molecule is Cc1ccccc1C1(CC(C)C)CCCCN1. The van der Waals surface area contributed by atoms with Crippen LogP contribution in [0.4, 0.5) is 0 Å². The largest absolute Gasteiger partial charge is 0.307 e. The highest BCUT2D eigenvalue weighted by atomic mass is 15.0. The molecule has 94 valence electrons. The summed E-state index contributed by atoms with van der Waals surface area (Å²) < 4.78 is 0. The molecular formula is C16H25N. The van der Waals surface area contributed by atoms with Gasteiger partial charge in [0.25, 0.3) is 0 Å². The van der Waals surface area contributed by atoms with Gasteiger partial charge in [-0.3, -0.25) is 0 Å². The molecule has 0 bridgehead atoms. The molecule has 0 aliphatic carbocycles.